The molecule has 1 atom stereocenters. The molecule has 0 aromatic rings. The molecular weight excluding hydrogens is 403 g/mol. The molecule has 3 rings (SSSR count). The zero-order valence-corrected chi connectivity index (χ0v) is 17.1. The lowest BCUT2D eigenvalue weighted by molar-refractivity contribution is 0.156. The molecule has 1 saturated carbocycles. The molecule has 0 aromatic carbocycles. The van der Waals surface area contributed by atoms with Crippen LogP contribution in [0.2, 0.25) is 0 Å². The van der Waals surface area contributed by atoms with E-state index in [1.807, 2.05) is 0 Å². The number of likely N-dealkylation sites (tertiary alicyclic amines) is 1. The summed E-state index contributed by atoms with van der Waals surface area (Å²) in [4.78, 5) is 9.92. The Morgan fingerprint density at radius 3 is 2.78 bits per heavy atom. The Balaban J connectivity index is 0.00000192. The molecule has 0 bridgehead atoms. The molecule has 3 aliphatic rings. The molecule has 2 aliphatic heterocycles. The Kier molecular flexibility index (Phi) is 7.41. The number of halogens is 1. The topological polar surface area (TPSA) is 40.1 Å². The van der Waals surface area contributed by atoms with Crippen LogP contribution < -0.4 is 5.32 Å². The van der Waals surface area contributed by atoms with Crippen LogP contribution in [0.5, 0.6) is 0 Å². The van der Waals surface area contributed by atoms with Gasteiger partial charge in [-0.3, -0.25) is 9.89 Å². The van der Waals surface area contributed by atoms with Crippen molar-refractivity contribution < 1.29 is 4.74 Å². The van der Waals surface area contributed by atoms with Crippen molar-refractivity contribution in [2.75, 3.05) is 52.5 Å². The molecule has 134 valence electrons. The van der Waals surface area contributed by atoms with Gasteiger partial charge in [0.1, 0.15) is 0 Å². The fourth-order valence-corrected chi connectivity index (χ4v) is 3.84. The monoisotopic (exact) mass is 436 g/mol. The van der Waals surface area contributed by atoms with Gasteiger partial charge < -0.3 is 15.0 Å². The Labute approximate surface area is 158 Å². The Hall–Kier alpha value is -0.0800. The van der Waals surface area contributed by atoms with Crippen LogP contribution in [0.25, 0.3) is 0 Å². The van der Waals surface area contributed by atoms with Gasteiger partial charge in [0.15, 0.2) is 5.96 Å². The van der Waals surface area contributed by atoms with Crippen molar-refractivity contribution in [3.8, 4) is 0 Å². The van der Waals surface area contributed by atoms with Crippen LogP contribution in [-0.2, 0) is 4.74 Å². The van der Waals surface area contributed by atoms with Crippen LogP contribution in [0.3, 0.4) is 0 Å². The highest BCUT2D eigenvalue weighted by molar-refractivity contribution is 14.0. The molecule has 0 amide bonds. The lowest BCUT2D eigenvalue weighted by atomic mass is 9.87. The van der Waals surface area contributed by atoms with E-state index in [-0.39, 0.29) is 24.0 Å². The summed E-state index contributed by atoms with van der Waals surface area (Å²) in [6.45, 7) is 12.6. The fraction of sp³-hybridized carbons (Fsp3) is 0.941. The molecule has 1 N–H and O–H groups in total. The number of rotatable bonds is 6. The maximum absolute atomic E-state index is 5.64. The average Bonchev–Trinajstić information content (AvgIpc) is 3.13. The van der Waals surface area contributed by atoms with Gasteiger partial charge in [-0.05, 0) is 39.2 Å². The lowest BCUT2D eigenvalue weighted by Gasteiger charge is -2.25. The number of guanidine groups is 1. The van der Waals surface area contributed by atoms with E-state index in [9.17, 15) is 0 Å². The van der Waals surface area contributed by atoms with Crippen molar-refractivity contribution in [3.05, 3.63) is 0 Å². The van der Waals surface area contributed by atoms with Gasteiger partial charge in [0.05, 0.1) is 13.2 Å². The van der Waals surface area contributed by atoms with E-state index >= 15 is 0 Å². The summed E-state index contributed by atoms with van der Waals surface area (Å²) in [5.41, 5.74) is 0.402. The molecular formula is C17H33IN4O. The first-order chi connectivity index (χ1) is 10.8. The predicted molar refractivity (Wildman–Crippen MR) is 106 cm³/mol. The molecule has 0 radical (unpaired) electrons. The van der Waals surface area contributed by atoms with Crippen LogP contribution in [0.15, 0.2) is 4.99 Å². The fourth-order valence-electron chi connectivity index (χ4n) is 3.84. The number of hydrogen-bond donors (Lipinski definition) is 1. The third kappa shape index (κ3) is 4.95. The summed E-state index contributed by atoms with van der Waals surface area (Å²) in [7, 11) is 0. The number of likely N-dealkylation sites (N-methyl/N-ethyl adjacent to an activating group) is 1. The van der Waals surface area contributed by atoms with E-state index in [2.05, 4.69) is 29.0 Å². The van der Waals surface area contributed by atoms with Gasteiger partial charge in [0, 0.05) is 44.2 Å². The highest BCUT2D eigenvalue weighted by Crippen LogP contribution is 2.38. The minimum absolute atomic E-state index is 0. The van der Waals surface area contributed by atoms with Crippen molar-refractivity contribution in [1.29, 1.82) is 0 Å². The van der Waals surface area contributed by atoms with Crippen LogP contribution in [0.1, 0.15) is 39.5 Å². The maximum Gasteiger partial charge on any atom is 0.193 e. The van der Waals surface area contributed by atoms with E-state index in [0.29, 0.717) is 5.41 Å². The standard InChI is InChI=1S/C17H32N4O.HI/c1-3-18-16(19-9-11-20(4-2)15-5-6-15)21-10-7-17(13-21)8-12-22-14-17;/h15H,3-14H2,1-2H3,(H,18,19);1H. The van der Waals surface area contributed by atoms with Crippen LogP contribution >= 0.6 is 24.0 Å². The summed E-state index contributed by atoms with van der Waals surface area (Å²) < 4.78 is 5.64. The predicted octanol–water partition coefficient (Wildman–Crippen LogP) is 2.17. The molecule has 1 spiro atoms. The van der Waals surface area contributed by atoms with Crippen LogP contribution in [0.4, 0.5) is 0 Å². The van der Waals surface area contributed by atoms with E-state index in [0.717, 1.165) is 64.5 Å². The molecule has 0 aromatic heterocycles. The number of nitrogens with one attached hydrogen (secondary N) is 1. The highest BCUT2D eigenvalue weighted by atomic mass is 127. The third-order valence-electron chi connectivity index (χ3n) is 5.38. The van der Waals surface area contributed by atoms with Crippen molar-refractivity contribution in [2.45, 2.75) is 45.6 Å². The van der Waals surface area contributed by atoms with Crippen molar-refractivity contribution in [3.63, 3.8) is 0 Å². The van der Waals surface area contributed by atoms with E-state index < -0.39 is 0 Å². The van der Waals surface area contributed by atoms with E-state index in [1.54, 1.807) is 0 Å². The average molecular weight is 436 g/mol. The van der Waals surface area contributed by atoms with E-state index in [1.165, 1.54) is 25.7 Å². The zero-order valence-electron chi connectivity index (χ0n) is 14.7. The second-order valence-corrected chi connectivity index (χ2v) is 7.07. The van der Waals surface area contributed by atoms with Gasteiger partial charge >= 0.3 is 0 Å². The largest absolute Gasteiger partial charge is 0.381 e. The van der Waals surface area contributed by atoms with Gasteiger partial charge in [0.2, 0.25) is 0 Å². The minimum atomic E-state index is 0. The smallest absolute Gasteiger partial charge is 0.193 e. The Bertz CT molecular complexity index is 394. The molecule has 1 aliphatic carbocycles. The number of ether oxygens (including phenoxy) is 1. The minimum Gasteiger partial charge on any atom is -0.381 e. The van der Waals surface area contributed by atoms with Crippen LogP contribution in [-0.4, -0.2) is 74.3 Å². The van der Waals surface area contributed by atoms with Crippen LogP contribution in [0, 0.1) is 5.41 Å². The highest BCUT2D eigenvalue weighted by Gasteiger charge is 2.42. The Morgan fingerprint density at radius 1 is 1.35 bits per heavy atom. The van der Waals surface area contributed by atoms with Crippen molar-refractivity contribution in [1.82, 2.24) is 15.1 Å². The lowest BCUT2D eigenvalue weighted by Crippen LogP contribution is -2.42. The normalized spacial score (nSPS) is 27.8. The number of nitrogens with zero attached hydrogens (tertiary/aromatic N) is 3. The molecule has 3 fully saturated rings. The van der Waals surface area contributed by atoms with Gasteiger partial charge in [-0.25, -0.2) is 0 Å². The summed E-state index contributed by atoms with van der Waals surface area (Å²) in [5, 5.41) is 3.48. The summed E-state index contributed by atoms with van der Waals surface area (Å²) in [5.74, 6) is 1.11. The van der Waals surface area contributed by atoms with Gasteiger partial charge in [-0.1, -0.05) is 6.92 Å². The third-order valence-corrected chi connectivity index (χ3v) is 5.38. The molecule has 1 unspecified atom stereocenters. The summed E-state index contributed by atoms with van der Waals surface area (Å²) in [6, 6.07) is 0.841. The van der Waals surface area contributed by atoms with Crippen molar-refractivity contribution >= 4 is 29.9 Å². The second-order valence-electron chi connectivity index (χ2n) is 7.07. The Morgan fingerprint density at radius 2 is 2.17 bits per heavy atom. The maximum atomic E-state index is 5.64. The van der Waals surface area contributed by atoms with Crippen molar-refractivity contribution in [2.24, 2.45) is 10.4 Å². The summed E-state index contributed by atoms with van der Waals surface area (Å²) >= 11 is 0. The molecule has 2 heterocycles. The molecule has 5 nitrogen and oxygen atoms in total. The number of hydrogen-bond acceptors (Lipinski definition) is 3. The van der Waals surface area contributed by atoms with Gasteiger partial charge in [0.25, 0.3) is 0 Å². The molecule has 2 saturated heterocycles. The van der Waals surface area contributed by atoms with Gasteiger partial charge in [-0.15, -0.1) is 24.0 Å². The second kappa shape index (κ2) is 8.85. The quantitative estimate of drug-likeness (QED) is 0.394. The first kappa shape index (κ1) is 19.2. The first-order valence-corrected chi connectivity index (χ1v) is 9.11. The van der Waals surface area contributed by atoms with E-state index in [4.69, 9.17) is 9.73 Å². The summed E-state index contributed by atoms with van der Waals surface area (Å²) in [6.07, 6.45) is 5.23. The number of aliphatic imine (C=N–C) groups is 1. The van der Waals surface area contributed by atoms with Gasteiger partial charge in [-0.2, -0.15) is 0 Å². The molecule has 23 heavy (non-hydrogen) atoms. The zero-order chi connectivity index (χ0) is 15.4. The first-order valence-electron chi connectivity index (χ1n) is 9.11. The molecule has 6 heteroatoms. The SMILES string of the molecule is CCNC(=NCCN(CC)C1CC1)N1CCC2(CCOC2)C1.I.